The van der Waals surface area contributed by atoms with Gasteiger partial charge in [0.25, 0.3) is 0 Å². The molecule has 0 aliphatic carbocycles. The van der Waals surface area contributed by atoms with Crippen LogP contribution in [0.5, 0.6) is 17.4 Å². The van der Waals surface area contributed by atoms with Gasteiger partial charge in [-0.2, -0.15) is 0 Å². The molecule has 0 amide bonds. The van der Waals surface area contributed by atoms with Crippen LogP contribution < -0.4 is 14.2 Å². The van der Waals surface area contributed by atoms with Gasteiger partial charge in [-0.25, -0.2) is 4.98 Å². The SMILES string of the molecule is COc1c[c]c(Cc2ccc(OCCN3CCCC3)nc2)c(OCCN2CCCC2)c1. The van der Waals surface area contributed by atoms with Crippen LogP contribution >= 0.6 is 0 Å². The van der Waals surface area contributed by atoms with Gasteiger partial charge in [0, 0.05) is 43.4 Å². The number of rotatable bonds is 11. The molecule has 2 saturated heterocycles. The zero-order chi connectivity index (χ0) is 21.3. The van der Waals surface area contributed by atoms with E-state index in [9.17, 15) is 0 Å². The Morgan fingerprint density at radius 3 is 2.23 bits per heavy atom. The first-order valence-electron chi connectivity index (χ1n) is 11.5. The van der Waals surface area contributed by atoms with Crippen molar-refractivity contribution in [1.29, 1.82) is 0 Å². The molecular weight excluding hydrogens is 390 g/mol. The lowest BCUT2D eigenvalue weighted by Crippen LogP contribution is -2.25. The molecule has 2 aromatic rings. The van der Waals surface area contributed by atoms with E-state index in [4.69, 9.17) is 14.2 Å². The maximum Gasteiger partial charge on any atom is 0.213 e. The Morgan fingerprint density at radius 2 is 1.61 bits per heavy atom. The molecule has 31 heavy (non-hydrogen) atoms. The number of aromatic nitrogens is 1. The van der Waals surface area contributed by atoms with Gasteiger partial charge in [-0.3, -0.25) is 9.80 Å². The average Bonchev–Trinajstić information content (AvgIpc) is 3.50. The van der Waals surface area contributed by atoms with Crippen molar-refractivity contribution in [2.24, 2.45) is 0 Å². The molecule has 0 N–H and O–H groups in total. The highest BCUT2D eigenvalue weighted by Crippen LogP contribution is 2.27. The second-order valence-electron chi connectivity index (χ2n) is 8.36. The van der Waals surface area contributed by atoms with Crippen LogP contribution in [0.3, 0.4) is 0 Å². The lowest BCUT2D eigenvalue weighted by Gasteiger charge is -2.17. The van der Waals surface area contributed by atoms with Crippen molar-refractivity contribution in [1.82, 2.24) is 14.8 Å². The van der Waals surface area contributed by atoms with Gasteiger partial charge in [0.15, 0.2) is 0 Å². The van der Waals surface area contributed by atoms with Gasteiger partial charge < -0.3 is 14.2 Å². The smallest absolute Gasteiger partial charge is 0.213 e. The van der Waals surface area contributed by atoms with E-state index in [0.29, 0.717) is 25.5 Å². The van der Waals surface area contributed by atoms with E-state index in [-0.39, 0.29) is 0 Å². The minimum atomic E-state index is 0.677. The van der Waals surface area contributed by atoms with E-state index >= 15 is 0 Å². The number of ether oxygens (including phenoxy) is 3. The number of nitrogens with zero attached hydrogens (tertiary/aromatic N) is 3. The molecule has 3 heterocycles. The molecule has 2 fully saturated rings. The minimum Gasteiger partial charge on any atom is -0.497 e. The van der Waals surface area contributed by atoms with Crippen molar-refractivity contribution in [3.63, 3.8) is 0 Å². The van der Waals surface area contributed by atoms with Gasteiger partial charge in [-0.1, -0.05) is 6.07 Å². The van der Waals surface area contributed by atoms with E-state index < -0.39 is 0 Å². The summed E-state index contributed by atoms with van der Waals surface area (Å²) in [5.41, 5.74) is 2.13. The number of hydrogen-bond donors (Lipinski definition) is 0. The Balaban J connectivity index is 1.31. The van der Waals surface area contributed by atoms with Gasteiger partial charge in [-0.05, 0) is 69.6 Å². The average molecular weight is 425 g/mol. The number of benzene rings is 1. The molecule has 1 aromatic carbocycles. The molecule has 6 heteroatoms. The van der Waals surface area contributed by atoms with Crippen LogP contribution in [0.2, 0.25) is 0 Å². The van der Waals surface area contributed by atoms with Crippen LogP contribution in [0, 0.1) is 6.07 Å². The molecular formula is C25H34N3O3. The minimum absolute atomic E-state index is 0.677. The molecule has 0 bridgehead atoms. The standard InChI is InChI=1S/C25H34N3O3/c1-29-23-8-7-22(24(19-23)30-16-14-27-10-2-3-11-27)18-21-6-9-25(26-20-21)31-17-15-28-12-4-5-13-28/h6,8-9,19-20H,2-5,10-18H2,1H3. The predicted molar refractivity (Wildman–Crippen MR) is 121 cm³/mol. The molecule has 167 valence electrons. The maximum absolute atomic E-state index is 6.14. The van der Waals surface area contributed by atoms with Gasteiger partial charge >= 0.3 is 0 Å². The molecule has 6 nitrogen and oxygen atoms in total. The van der Waals surface area contributed by atoms with E-state index in [1.165, 1.54) is 51.9 Å². The first kappa shape index (κ1) is 21.9. The first-order valence-corrected chi connectivity index (χ1v) is 11.5. The quantitative estimate of drug-likeness (QED) is 0.551. The second-order valence-corrected chi connectivity index (χ2v) is 8.36. The van der Waals surface area contributed by atoms with Crippen molar-refractivity contribution in [2.45, 2.75) is 32.1 Å². The van der Waals surface area contributed by atoms with E-state index in [2.05, 4.69) is 26.9 Å². The van der Waals surface area contributed by atoms with Crippen LogP contribution in [-0.2, 0) is 6.42 Å². The molecule has 1 aromatic heterocycles. The molecule has 4 rings (SSSR count). The Bertz CT molecular complexity index is 800. The first-order chi connectivity index (χ1) is 15.3. The number of methoxy groups -OCH3 is 1. The van der Waals surface area contributed by atoms with Crippen LogP contribution in [0.25, 0.3) is 0 Å². The Kier molecular flexibility index (Phi) is 8.02. The number of pyridine rings is 1. The third kappa shape index (κ3) is 6.58. The Labute approximate surface area is 186 Å². The van der Waals surface area contributed by atoms with Gasteiger partial charge in [-0.15, -0.1) is 0 Å². The van der Waals surface area contributed by atoms with Crippen molar-refractivity contribution in [2.75, 3.05) is 59.6 Å². The number of hydrogen-bond acceptors (Lipinski definition) is 6. The summed E-state index contributed by atoms with van der Waals surface area (Å²) in [5.74, 6) is 2.29. The highest BCUT2D eigenvalue weighted by Gasteiger charge is 2.13. The van der Waals surface area contributed by atoms with Crippen LogP contribution in [0.1, 0.15) is 36.8 Å². The molecule has 0 unspecified atom stereocenters. The van der Waals surface area contributed by atoms with Crippen LogP contribution in [-0.4, -0.2) is 74.4 Å². The molecule has 2 aliphatic rings. The summed E-state index contributed by atoms with van der Waals surface area (Å²) in [6, 6.07) is 11.2. The zero-order valence-electron chi connectivity index (χ0n) is 18.6. The summed E-state index contributed by atoms with van der Waals surface area (Å²) in [4.78, 5) is 9.39. The van der Waals surface area contributed by atoms with Crippen molar-refractivity contribution in [3.8, 4) is 17.4 Å². The number of likely N-dealkylation sites (tertiary alicyclic amines) is 2. The zero-order valence-corrected chi connectivity index (χ0v) is 18.6. The summed E-state index contributed by atoms with van der Waals surface area (Å²) in [7, 11) is 1.67. The fourth-order valence-corrected chi connectivity index (χ4v) is 4.25. The largest absolute Gasteiger partial charge is 0.497 e. The maximum atomic E-state index is 6.14. The van der Waals surface area contributed by atoms with Crippen LogP contribution in [0.15, 0.2) is 30.5 Å². The fourth-order valence-electron chi connectivity index (χ4n) is 4.25. The van der Waals surface area contributed by atoms with E-state index in [1.54, 1.807) is 7.11 Å². The topological polar surface area (TPSA) is 47.1 Å². The lowest BCUT2D eigenvalue weighted by molar-refractivity contribution is 0.232. The normalized spacial score (nSPS) is 17.2. The third-order valence-electron chi connectivity index (χ3n) is 6.09. The fraction of sp³-hybridized carbons (Fsp3) is 0.560. The predicted octanol–water partition coefficient (Wildman–Crippen LogP) is 3.43. The monoisotopic (exact) mass is 424 g/mol. The highest BCUT2D eigenvalue weighted by molar-refractivity contribution is 5.42. The van der Waals surface area contributed by atoms with Crippen molar-refractivity contribution in [3.05, 3.63) is 47.7 Å². The summed E-state index contributed by atoms with van der Waals surface area (Å²) in [5, 5.41) is 0. The third-order valence-corrected chi connectivity index (χ3v) is 6.09. The second kappa shape index (κ2) is 11.3. The summed E-state index contributed by atoms with van der Waals surface area (Å²) in [6.45, 7) is 8.04. The Hall–Kier alpha value is -2.31. The van der Waals surface area contributed by atoms with E-state index in [0.717, 1.165) is 35.7 Å². The summed E-state index contributed by atoms with van der Waals surface area (Å²) >= 11 is 0. The van der Waals surface area contributed by atoms with Gasteiger partial charge in [0.2, 0.25) is 5.88 Å². The molecule has 0 spiro atoms. The molecule has 0 atom stereocenters. The lowest BCUT2D eigenvalue weighted by atomic mass is 10.1. The molecule has 2 aliphatic heterocycles. The van der Waals surface area contributed by atoms with Gasteiger partial charge in [0.1, 0.15) is 24.7 Å². The highest BCUT2D eigenvalue weighted by atomic mass is 16.5. The van der Waals surface area contributed by atoms with Crippen LogP contribution in [0.4, 0.5) is 0 Å². The summed E-state index contributed by atoms with van der Waals surface area (Å²) < 4.78 is 17.3. The Morgan fingerprint density at radius 1 is 0.935 bits per heavy atom. The molecule has 1 radical (unpaired) electrons. The summed E-state index contributed by atoms with van der Waals surface area (Å²) in [6.07, 6.45) is 7.80. The van der Waals surface area contributed by atoms with Crippen molar-refractivity contribution < 1.29 is 14.2 Å². The van der Waals surface area contributed by atoms with Gasteiger partial charge in [0.05, 0.1) is 7.11 Å². The van der Waals surface area contributed by atoms with Crippen molar-refractivity contribution >= 4 is 0 Å². The van der Waals surface area contributed by atoms with E-state index in [1.807, 2.05) is 24.4 Å². The molecule has 0 saturated carbocycles.